The molecule has 0 radical (unpaired) electrons. The summed E-state index contributed by atoms with van der Waals surface area (Å²) in [7, 11) is 1.34. The number of hydrogen-bond donors (Lipinski definition) is 0. The van der Waals surface area contributed by atoms with Gasteiger partial charge in [0.25, 0.3) is 0 Å². The monoisotopic (exact) mass is 372 g/mol. The van der Waals surface area contributed by atoms with Crippen LogP contribution < -0.4 is 0 Å². The minimum Gasteiger partial charge on any atom is -0.469 e. The highest BCUT2D eigenvalue weighted by Crippen LogP contribution is 2.13. The van der Waals surface area contributed by atoms with Crippen molar-refractivity contribution in [2.75, 3.05) is 13.7 Å². The van der Waals surface area contributed by atoms with E-state index in [4.69, 9.17) is 16.3 Å². The van der Waals surface area contributed by atoms with Gasteiger partial charge in [-0.2, -0.15) is 0 Å². The number of esters is 1. The van der Waals surface area contributed by atoms with Crippen molar-refractivity contribution in [2.45, 2.75) is 13.5 Å². The Balaban J connectivity index is 2.13. The number of methoxy groups -OCH3 is 1. The number of hydrogen-bond acceptors (Lipinski definition) is 4. The number of benzene rings is 1. The van der Waals surface area contributed by atoms with E-state index in [1.54, 1.807) is 42.4 Å². The third-order valence-corrected chi connectivity index (χ3v) is 4.07. The maximum absolute atomic E-state index is 12.7. The van der Waals surface area contributed by atoms with Crippen LogP contribution in [0, 0.1) is 5.92 Å². The molecule has 0 aliphatic carbocycles. The lowest BCUT2D eigenvalue weighted by Gasteiger charge is -2.24. The molecule has 0 fully saturated rings. The first kappa shape index (κ1) is 19.7. The van der Waals surface area contributed by atoms with Crippen LogP contribution in [0.5, 0.6) is 0 Å². The molecule has 2 rings (SSSR count). The highest BCUT2D eigenvalue weighted by atomic mass is 35.5. The number of ether oxygens (including phenoxy) is 1. The highest BCUT2D eigenvalue weighted by molar-refractivity contribution is 6.30. The number of halogens is 1. The van der Waals surface area contributed by atoms with Crippen molar-refractivity contribution in [1.82, 2.24) is 9.88 Å². The van der Waals surface area contributed by atoms with Crippen LogP contribution in [-0.2, 0) is 20.9 Å². The normalized spacial score (nSPS) is 12.0. The van der Waals surface area contributed by atoms with E-state index in [0.29, 0.717) is 11.6 Å². The second-order valence-electron chi connectivity index (χ2n) is 5.88. The number of pyridine rings is 1. The molecule has 1 aromatic heterocycles. The topological polar surface area (TPSA) is 59.5 Å². The van der Waals surface area contributed by atoms with Crippen molar-refractivity contribution in [3.05, 3.63) is 71.0 Å². The fourth-order valence-corrected chi connectivity index (χ4v) is 2.52. The Hall–Kier alpha value is -2.66. The van der Waals surface area contributed by atoms with Gasteiger partial charge in [-0.05, 0) is 41.5 Å². The predicted octanol–water partition coefficient (Wildman–Crippen LogP) is 3.59. The predicted molar refractivity (Wildman–Crippen MR) is 101 cm³/mol. The maximum atomic E-state index is 12.7. The number of aromatic nitrogens is 1. The summed E-state index contributed by atoms with van der Waals surface area (Å²) in [4.78, 5) is 30.0. The summed E-state index contributed by atoms with van der Waals surface area (Å²) in [5.74, 6) is -0.957. The number of rotatable bonds is 7. The van der Waals surface area contributed by atoms with E-state index in [9.17, 15) is 9.59 Å². The molecule has 0 saturated carbocycles. The zero-order valence-corrected chi connectivity index (χ0v) is 15.5. The molecule has 5 nitrogen and oxygen atoms in total. The molecule has 1 unspecified atom stereocenters. The standard InChI is InChI=1S/C20H21ClN2O3/c1-15(20(25)26-2)13-23(14-17-9-11-22-12-10-17)19(24)8-5-16-3-6-18(21)7-4-16/h3-12,15H,13-14H2,1-2H3/b8-5+. The third-order valence-electron chi connectivity index (χ3n) is 3.82. The van der Waals surface area contributed by atoms with Crippen LogP contribution in [0.4, 0.5) is 0 Å². The van der Waals surface area contributed by atoms with E-state index in [1.165, 1.54) is 13.2 Å². The van der Waals surface area contributed by atoms with Gasteiger partial charge in [0.1, 0.15) is 0 Å². The molecule has 6 heteroatoms. The Kier molecular flexibility index (Phi) is 7.36. The number of carbonyl (C=O) groups excluding carboxylic acids is 2. The van der Waals surface area contributed by atoms with E-state index in [0.717, 1.165) is 11.1 Å². The summed E-state index contributed by atoms with van der Waals surface area (Å²) in [6, 6.07) is 10.9. The number of amides is 1. The van der Waals surface area contributed by atoms with Gasteiger partial charge in [0.2, 0.25) is 5.91 Å². The van der Waals surface area contributed by atoms with Gasteiger partial charge in [-0.15, -0.1) is 0 Å². The van der Waals surface area contributed by atoms with Crippen molar-refractivity contribution in [3.8, 4) is 0 Å². The number of carbonyl (C=O) groups is 2. The SMILES string of the molecule is COC(=O)C(C)CN(Cc1ccncc1)C(=O)/C=C/c1ccc(Cl)cc1. The van der Waals surface area contributed by atoms with Crippen LogP contribution in [0.2, 0.25) is 5.02 Å². The Labute approximate surface area is 158 Å². The van der Waals surface area contributed by atoms with Crippen LogP contribution in [0.25, 0.3) is 6.08 Å². The molecule has 0 aliphatic heterocycles. The van der Waals surface area contributed by atoms with Crippen molar-refractivity contribution < 1.29 is 14.3 Å². The molecule has 0 aliphatic rings. The van der Waals surface area contributed by atoms with E-state index in [-0.39, 0.29) is 18.4 Å². The second kappa shape index (κ2) is 9.73. The largest absolute Gasteiger partial charge is 0.469 e. The minimum absolute atomic E-state index is 0.187. The van der Waals surface area contributed by atoms with Crippen LogP contribution in [0.15, 0.2) is 54.9 Å². The van der Waals surface area contributed by atoms with Gasteiger partial charge in [-0.3, -0.25) is 14.6 Å². The van der Waals surface area contributed by atoms with E-state index >= 15 is 0 Å². The molecule has 0 N–H and O–H groups in total. The number of nitrogens with zero attached hydrogens (tertiary/aromatic N) is 2. The third kappa shape index (κ3) is 6.01. The average Bonchev–Trinajstić information content (AvgIpc) is 2.66. The molecular weight excluding hydrogens is 352 g/mol. The second-order valence-corrected chi connectivity index (χ2v) is 6.32. The zero-order chi connectivity index (χ0) is 18.9. The highest BCUT2D eigenvalue weighted by Gasteiger charge is 2.20. The molecular formula is C20H21ClN2O3. The van der Waals surface area contributed by atoms with Gasteiger partial charge in [0, 0.05) is 36.6 Å². The molecule has 26 heavy (non-hydrogen) atoms. The first-order chi connectivity index (χ1) is 12.5. The molecule has 0 saturated heterocycles. The van der Waals surface area contributed by atoms with Crippen LogP contribution in [-0.4, -0.2) is 35.4 Å². The lowest BCUT2D eigenvalue weighted by molar-refractivity contribution is -0.146. The summed E-state index contributed by atoms with van der Waals surface area (Å²) in [5.41, 5.74) is 1.80. The summed E-state index contributed by atoms with van der Waals surface area (Å²) in [6.07, 6.45) is 6.56. The van der Waals surface area contributed by atoms with Gasteiger partial charge < -0.3 is 9.64 Å². The van der Waals surface area contributed by atoms with Gasteiger partial charge in [0.15, 0.2) is 0 Å². The molecule has 1 heterocycles. The lowest BCUT2D eigenvalue weighted by atomic mass is 10.1. The maximum Gasteiger partial charge on any atom is 0.310 e. The summed E-state index contributed by atoms with van der Waals surface area (Å²) in [6.45, 7) is 2.38. The summed E-state index contributed by atoms with van der Waals surface area (Å²) in [5, 5.41) is 0.639. The Morgan fingerprint density at radius 2 is 1.85 bits per heavy atom. The van der Waals surface area contributed by atoms with Crippen molar-refractivity contribution >= 4 is 29.6 Å². The molecule has 2 aromatic rings. The smallest absolute Gasteiger partial charge is 0.310 e. The summed E-state index contributed by atoms with van der Waals surface area (Å²) < 4.78 is 4.77. The van der Waals surface area contributed by atoms with Gasteiger partial charge >= 0.3 is 5.97 Å². The van der Waals surface area contributed by atoms with Crippen molar-refractivity contribution in [1.29, 1.82) is 0 Å². The fraction of sp³-hybridized carbons (Fsp3) is 0.250. The molecule has 0 bridgehead atoms. The van der Waals surface area contributed by atoms with Crippen molar-refractivity contribution in [2.24, 2.45) is 5.92 Å². The van der Waals surface area contributed by atoms with E-state index < -0.39 is 5.92 Å². The van der Waals surface area contributed by atoms with Gasteiger partial charge in [0.05, 0.1) is 13.0 Å². The fourth-order valence-electron chi connectivity index (χ4n) is 2.39. The Bertz CT molecular complexity index is 760. The minimum atomic E-state index is -0.422. The average molecular weight is 373 g/mol. The summed E-state index contributed by atoms with van der Waals surface area (Å²) >= 11 is 5.87. The van der Waals surface area contributed by atoms with Gasteiger partial charge in [-0.1, -0.05) is 30.7 Å². The zero-order valence-electron chi connectivity index (χ0n) is 14.8. The van der Waals surface area contributed by atoms with E-state index in [2.05, 4.69) is 4.98 Å². The van der Waals surface area contributed by atoms with E-state index in [1.807, 2.05) is 24.3 Å². The molecule has 1 amide bonds. The molecule has 0 spiro atoms. The van der Waals surface area contributed by atoms with Crippen molar-refractivity contribution in [3.63, 3.8) is 0 Å². The Morgan fingerprint density at radius 3 is 2.46 bits per heavy atom. The lowest BCUT2D eigenvalue weighted by Crippen LogP contribution is -2.35. The van der Waals surface area contributed by atoms with Gasteiger partial charge in [-0.25, -0.2) is 0 Å². The first-order valence-electron chi connectivity index (χ1n) is 8.19. The first-order valence-corrected chi connectivity index (χ1v) is 8.56. The Morgan fingerprint density at radius 1 is 1.19 bits per heavy atom. The van der Waals surface area contributed by atoms with Crippen LogP contribution in [0.1, 0.15) is 18.1 Å². The van der Waals surface area contributed by atoms with Crippen LogP contribution >= 0.6 is 11.6 Å². The molecule has 136 valence electrons. The molecule has 1 atom stereocenters. The van der Waals surface area contributed by atoms with Crippen LogP contribution in [0.3, 0.4) is 0 Å². The quantitative estimate of drug-likeness (QED) is 0.550. The molecule has 1 aromatic carbocycles.